The zero-order chi connectivity index (χ0) is 11.5. The van der Waals surface area contributed by atoms with Gasteiger partial charge in [0, 0.05) is 19.3 Å². The Morgan fingerprint density at radius 2 is 2.12 bits per heavy atom. The van der Waals surface area contributed by atoms with E-state index >= 15 is 0 Å². The van der Waals surface area contributed by atoms with Gasteiger partial charge in [0.15, 0.2) is 5.96 Å². The van der Waals surface area contributed by atoms with E-state index in [9.17, 15) is 4.79 Å². The fourth-order valence-electron chi connectivity index (χ4n) is 2.12. The van der Waals surface area contributed by atoms with Crippen LogP contribution in [0.5, 0.6) is 0 Å². The highest BCUT2D eigenvalue weighted by molar-refractivity contribution is 6.05. The lowest BCUT2D eigenvalue weighted by atomic mass is 9.92. The Labute approximate surface area is 95.6 Å². The number of aliphatic imine (C=N–C) groups is 1. The summed E-state index contributed by atoms with van der Waals surface area (Å²) >= 11 is 0. The van der Waals surface area contributed by atoms with E-state index in [-0.39, 0.29) is 18.0 Å². The van der Waals surface area contributed by atoms with Crippen LogP contribution in [-0.2, 0) is 9.53 Å². The monoisotopic (exact) mass is 225 g/mol. The van der Waals surface area contributed by atoms with Crippen LogP contribution in [0.1, 0.15) is 26.7 Å². The molecular weight excluding hydrogens is 206 g/mol. The Balaban J connectivity index is 1.98. The molecule has 0 aromatic carbocycles. The molecule has 1 amide bonds. The summed E-state index contributed by atoms with van der Waals surface area (Å²) in [7, 11) is 0. The summed E-state index contributed by atoms with van der Waals surface area (Å²) in [6.45, 7) is 5.54. The standard InChI is InChI=1S/C11H19N3O2/c1-7(2)12-11-13-9(10(15)14-11)8-3-5-16-6-4-8/h7-9H,3-6H2,1-2H3,(H2,12,13,14,15). The van der Waals surface area contributed by atoms with Crippen molar-refractivity contribution < 1.29 is 9.53 Å². The first-order valence-corrected chi connectivity index (χ1v) is 5.90. The molecular formula is C11H19N3O2. The summed E-state index contributed by atoms with van der Waals surface area (Å²) < 4.78 is 5.29. The summed E-state index contributed by atoms with van der Waals surface area (Å²) in [5, 5.41) is 5.92. The molecule has 5 nitrogen and oxygen atoms in total. The molecule has 0 aromatic rings. The second-order valence-electron chi connectivity index (χ2n) is 4.66. The van der Waals surface area contributed by atoms with Crippen molar-refractivity contribution >= 4 is 11.9 Å². The van der Waals surface area contributed by atoms with Crippen LogP contribution in [0, 0.1) is 5.92 Å². The minimum atomic E-state index is -0.217. The predicted octanol–water partition coefficient (Wildman–Crippen LogP) is 0.265. The number of nitrogens with one attached hydrogen (secondary N) is 2. The van der Waals surface area contributed by atoms with E-state index in [0.717, 1.165) is 26.1 Å². The van der Waals surface area contributed by atoms with Gasteiger partial charge in [0.1, 0.15) is 6.04 Å². The zero-order valence-electron chi connectivity index (χ0n) is 9.82. The number of carbonyl (C=O) groups is 1. The summed E-state index contributed by atoms with van der Waals surface area (Å²) in [6, 6.07) is 0.0673. The SMILES string of the molecule is CC(C)NC1=NC(C2CCOCC2)C(=O)N1. The lowest BCUT2D eigenvalue weighted by molar-refractivity contribution is -0.121. The van der Waals surface area contributed by atoms with Gasteiger partial charge in [-0.2, -0.15) is 0 Å². The molecule has 5 heteroatoms. The van der Waals surface area contributed by atoms with Gasteiger partial charge in [-0.05, 0) is 32.6 Å². The lowest BCUT2D eigenvalue weighted by Crippen LogP contribution is -2.41. The van der Waals surface area contributed by atoms with Crippen LogP contribution >= 0.6 is 0 Å². The molecule has 1 atom stereocenters. The molecule has 16 heavy (non-hydrogen) atoms. The van der Waals surface area contributed by atoms with Gasteiger partial charge in [-0.3, -0.25) is 10.1 Å². The van der Waals surface area contributed by atoms with Crippen molar-refractivity contribution in [2.24, 2.45) is 10.9 Å². The average Bonchev–Trinajstić information content (AvgIpc) is 2.60. The number of rotatable bonds is 2. The van der Waals surface area contributed by atoms with Gasteiger partial charge >= 0.3 is 0 Å². The molecule has 0 aliphatic carbocycles. The summed E-state index contributed by atoms with van der Waals surface area (Å²) in [4.78, 5) is 16.2. The fourth-order valence-corrected chi connectivity index (χ4v) is 2.12. The van der Waals surface area contributed by atoms with Gasteiger partial charge in [0.25, 0.3) is 5.91 Å². The maximum Gasteiger partial charge on any atom is 0.251 e. The first-order valence-electron chi connectivity index (χ1n) is 5.90. The van der Waals surface area contributed by atoms with Gasteiger partial charge in [-0.15, -0.1) is 0 Å². The fraction of sp³-hybridized carbons (Fsp3) is 0.818. The first kappa shape index (κ1) is 11.4. The van der Waals surface area contributed by atoms with Crippen molar-refractivity contribution in [3.63, 3.8) is 0 Å². The second kappa shape index (κ2) is 4.82. The van der Waals surface area contributed by atoms with Crippen molar-refractivity contribution in [1.82, 2.24) is 10.6 Å². The quantitative estimate of drug-likeness (QED) is 0.709. The van der Waals surface area contributed by atoms with Gasteiger partial charge in [-0.25, -0.2) is 4.99 Å². The maximum atomic E-state index is 11.8. The third-order valence-electron chi connectivity index (χ3n) is 2.92. The normalized spacial score (nSPS) is 26.8. The van der Waals surface area contributed by atoms with Crippen LogP contribution in [0.25, 0.3) is 0 Å². The molecule has 0 aromatic heterocycles. The molecule has 2 heterocycles. The molecule has 0 bridgehead atoms. The van der Waals surface area contributed by atoms with Crippen LogP contribution in [0.4, 0.5) is 0 Å². The molecule has 2 aliphatic rings. The number of nitrogens with zero attached hydrogens (tertiary/aromatic N) is 1. The molecule has 2 N–H and O–H groups in total. The molecule has 1 fully saturated rings. The Bertz CT molecular complexity index is 296. The van der Waals surface area contributed by atoms with E-state index in [4.69, 9.17) is 4.74 Å². The minimum absolute atomic E-state index is 0.0232. The van der Waals surface area contributed by atoms with Gasteiger partial charge in [0.05, 0.1) is 0 Å². The van der Waals surface area contributed by atoms with Crippen molar-refractivity contribution in [1.29, 1.82) is 0 Å². The molecule has 2 aliphatic heterocycles. The number of hydrogen-bond acceptors (Lipinski definition) is 4. The maximum absolute atomic E-state index is 11.8. The predicted molar refractivity (Wildman–Crippen MR) is 61.2 cm³/mol. The Morgan fingerprint density at radius 3 is 2.75 bits per heavy atom. The number of ether oxygens (including phenoxy) is 1. The number of guanidine groups is 1. The highest BCUT2D eigenvalue weighted by atomic mass is 16.5. The molecule has 0 spiro atoms. The van der Waals surface area contributed by atoms with Gasteiger partial charge < -0.3 is 10.1 Å². The minimum Gasteiger partial charge on any atom is -0.381 e. The van der Waals surface area contributed by atoms with Gasteiger partial charge in [0.2, 0.25) is 0 Å². The van der Waals surface area contributed by atoms with Crippen LogP contribution < -0.4 is 10.6 Å². The largest absolute Gasteiger partial charge is 0.381 e. The van der Waals surface area contributed by atoms with E-state index in [1.165, 1.54) is 0 Å². The molecule has 0 radical (unpaired) electrons. The van der Waals surface area contributed by atoms with E-state index in [0.29, 0.717) is 11.9 Å². The third-order valence-corrected chi connectivity index (χ3v) is 2.92. The van der Waals surface area contributed by atoms with Crippen LogP contribution in [0.3, 0.4) is 0 Å². The smallest absolute Gasteiger partial charge is 0.251 e. The zero-order valence-corrected chi connectivity index (χ0v) is 9.82. The summed E-state index contributed by atoms with van der Waals surface area (Å²) in [5.74, 6) is 0.978. The second-order valence-corrected chi connectivity index (χ2v) is 4.66. The average molecular weight is 225 g/mol. The molecule has 2 rings (SSSR count). The first-order chi connectivity index (χ1) is 7.66. The highest BCUT2D eigenvalue weighted by Crippen LogP contribution is 2.23. The molecule has 90 valence electrons. The Morgan fingerprint density at radius 1 is 1.44 bits per heavy atom. The number of amides is 1. The van der Waals surface area contributed by atoms with E-state index in [2.05, 4.69) is 15.6 Å². The van der Waals surface area contributed by atoms with Crippen molar-refractivity contribution in [3.8, 4) is 0 Å². The molecule has 0 saturated carbocycles. The van der Waals surface area contributed by atoms with Crippen molar-refractivity contribution in [2.45, 2.75) is 38.8 Å². The van der Waals surface area contributed by atoms with E-state index in [1.807, 2.05) is 13.8 Å². The van der Waals surface area contributed by atoms with Crippen LogP contribution in [0.15, 0.2) is 4.99 Å². The third kappa shape index (κ3) is 2.52. The highest BCUT2D eigenvalue weighted by Gasteiger charge is 2.34. The topological polar surface area (TPSA) is 62.7 Å². The summed E-state index contributed by atoms with van der Waals surface area (Å²) in [6.07, 6.45) is 1.85. The van der Waals surface area contributed by atoms with Crippen molar-refractivity contribution in [2.75, 3.05) is 13.2 Å². The molecule has 1 saturated heterocycles. The van der Waals surface area contributed by atoms with Crippen molar-refractivity contribution in [3.05, 3.63) is 0 Å². The van der Waals surface area contributed by atoms with Crippen LogP contribution in [-0.4, -0.2) is 37.2 Å². The van der Waals surface area contributed by atoms with Crippen LogP contribution in [0.2, 0.25) is 0 Å². The summed E-state index contributed by atoms with van der Waals surface area (Å²) in [5.41, 5.74) is 0. The number of hydrogen-bond donors (Lipinski definition) is 2. The van der Waals surface area contributed by atoms with E-state index < -0.39 is 0 Å². The Hall–Kier alpha value is -1.10. The Kier molecular flexibility index (Phi) is 3.43. The lowest BCUT2D eigenvalue weighted by Gasteiger charge is -2.23. The molecule has 1 unspecified atom stereocenters. The number of carbonyl (C=O) groups excluding carboxylic acids is 1. The van der Waals surface area contributed by atoms with E-state index in [1.54, 1.807) is 0 Å². The van der Waals surface area contributed by atoms with Gasteiger partial charge in [-0.1, -0.05) is 0 Å².